The van der Waals surface area contributed by atoms with Crippen molar-refractivity contribution >= 4 is 0 Å². The lowest BCUT2D eigenvalue weighted by Gasteiger charge is -2.14. The molecule has 0 aliphatic carbocycles. The van der Waals surface area contributed by atoms with Gasteiger partial charge in [0.25, 0.3) is 0 Å². The number of rotatable bonds is 5. The molecule has 0 heterocycles. The van der Waals surface area contributed by atoms with Gasteiger partial charge in [-0.2, -0.15) is 0 Å². The van der Waals surface area contributed by atoms with Gasteiger partial charge in [0.2, 0.25) is 6.04 Å². The van der Waals surface area contributed by atoms with E-state index in [1.807, 2.05) is 0 Å². The maximum atomic E-state index is 10.2. The van der Waals surface area contributed by atoms with Crippen molar-refractivity contribution in [3.63, 3.8) is 0 Å². The fraction of sp³-hybridized carbons (Fsp3) is 1.00. The van der Waals surface area contributed by atoms with Gasteiger partial charge in [0.1, 0.15) is 6.61 Å². The molecular formula is C6H13NO4. The minimum absolute atomic E-state index is 0.247. The SMILES string of the molecule is CCC(CO)C(CO)[N+](=O)[O-]. The molecule has 11 heavy (non-hydrogen) atoms. The third-order valence-corrected chi connectivity index (χ3v) is 1.76. The Kier molecular flexibility index (Phi) is 4.72. The molecular weight excluding hydrogens is 150 g/mol. The number of nitrogens with zero attached hydrogens (tertiary/aromatic N) is 1. The van der Waals surface area contributed by atoms with E-state index in [0.29, 0.717) is 6.42 Å². The number of aliphatic hydroxyl groups is 2. The normalized spacial score (nSPS) is 15.9. The van der Waals surface area contributed by atoms with Crippen molar-refractivity contribution in [1.29, 1.82) is 0 Å². The van der Waals surface area contributed by atoms with Crippen molar-refractivity contribution < 1.29 is 15.1 Å². The predicted molar refractivity (Wildman–Crippen MR) is 38.7 cm³/mol. The number of nitro groups is 1. The van der Waals surface area contributed by atoms with Gasteiger partial charge >= 0.3 is 0 Å². The van der Waals surface area contributed by atoms with E-state index in [4.69, 9.17) is 10.2 Å². The molecule has 5 nitrogen and oxygen atoms in total. The Balaban J connectivity index is 4.09. The van der Waals surface area contributed by atoms with Crippen molar-refractivity contribution in [1.82, 2.24) is 0 Å². The first-order valence-corrected chi connectivity index (χ1v) is 3.52. The first-order chi connectivity index (χ1) is 5.17. The molecule has 0 fully saturated rings. The first-order valence-electron chi connectivity index (χ1n) is 3.52. The van der Waals surface area contributed by atoms with Crippen molar-refractivity contribution in [3.05, 3.63) is 10.1 Å². The topological polar surface area (TPSA) is 83.6 Å². The lowest BCUT2D eigenvalue weighted by Crippen LogP contribution is -2.34. The van der Waals surface area contributed by atoms with Crippen LogP contribution in [0.15, 0.2) is 0 Å². The van der Waals surface area contributed by atoms with Gasteiger partial charge in [0.05, 0.1) is 12.5 Å². The van der Waals surface area contributed by atoms with Gasteiger partial charge in [-0.05, 0) is 6.42 Å². The van der Waals surface area contributed by atoms with Crippen molar-refractivity contribution in [2.24, 2.45) is 5.92 Å². The summed E-state index contributed by atoms with van der Waals surface area (Å²) in [6.45, 7) is 0.988. The molecule has 0 aromatic rings. The highest BCUT2D eigenvalue weighted by atomic mass is 16.6. The maximum Gasteiger partial charge on any atom is 0.240 e. The summed E-state index contributed by atoms with van der Waals surface area (Å²) in [6, 6.07) is -1.02. The van der Waals surface area contributed by atoms with Crippen LogP contribution in [0.3, 0.4) is 0 Å². The summed E-state index contributed by atoms with van der Waals surface area (Å²) in [5.74, 6) is -0.435. The number of aliphatic hydroxyl groups excluding tert-OH is 2. The molecule has 0 radical (unpaired) electrons. The second-order valence-electron chi connectivity index (χ2n) is 2.39. The van der Waals surface area contributed by atoms with Gasteiger partial charge in [-0.3, -0.25) is 10.1 Å². The molecule has 0 aromatic carbocycles. The van der Waals surface area contributed by atoms with E-state index in [-0.39, 0.29) is 6.61 Å². The van der Waals surface area contributed by atoms with Crippen molar-refractivity contribution in [2.75, 3.05) is 13.2 Å². The smallest absolute Gasteiger partial charge is 0.240 e. The first kappa shape index (κ1) is 10.3. The summed E-state index contributed by atoms with van der Waals surface area (Å²) in [5.41, 5.74) is 0. The molecule has 0 aromatic heterocycles. The predicted octanol–water partition coefficient (Wildman–Crippen LogP) is -0.357. The average Bonchev–Trinajstić information content (AvgIpc) is 1.99. The minimum atomic E-state index is -1.02. The summed E-state index contributed by atoms with van der Waals surface area (Å²) in [5, 5.41) is 27.5. The van der Waals surface area contributed by atoms with Crippen LogP contribution < -0.4 is 0 Å². The van der Waals surface area contributed by atoms with Crippen molar-refractivity contribution in [3.8, 4) is 0 Å². The Morgan fingerprint density at radius 3 is 2.09 bits per heavy atom. The zero-order valence-corrected chi connectivity index (χ0v) is 6.43. The molecule has 0 aliphatic rings. The Morgan fingerprint density at radius 2 is 2.00 bits per heavy atom. The van der Waals surface area contributed by atoms with Crippen LogP contribution in [0.25, 0.3) is 0 Å². The molecule has 2 N–H and O–H groups in total. The summed E-state index contributed by atoms with van der Waals surface area (Å²) in [6.07, 6.45) is 0.503. The van der Waals surface area contributed by atoms with Crippen LogP contribution in [0.4, 0.5) is 0 Å². The van der Waals surface area contributed by atoms with Crippen molar-refractivity contribution in [2.45, 2.75) is 19.4 Å². The summed E-state index contributed by atoms with van der Waals surface area (Å²) < 4.78 is 0. The van der Waals surface area contributed by atoms with E-state index in [9.17, 15) is 10.1 Å². The molecule has 0 rings (SSSR count). The van der Waals surface area contributed by atoms with Crippen LogP contribution >= 0.6 is 0 Å². The zero-order chi connectivity index (χ0) is 8.85. The van der Waals surface area contributed by atoms with Crippen LogP contribution in [0, 0.1) is 16.0 Å². The molecule has 0 amide bonds. The molecule has 0 saturated carbocycles. The number of hydrogen-bond acceptors (Lipinski definition) is 4. The fourth-order valence-corrected chi connectivity index (χ4v) is 0.911. The van der Waals surface area contributed by atoms with Gasteiger partial charge in [0, 0.05) is 4.92 Å². The molecule has 5 heteroatoms. The summed E-state index contributed by atoms with van der Waals surface area (Å²) in [4.78, 5) is 9.67. The summed E-state index contributed by atoms with van der Waals surface area (Å²) in [7, 11) is 0. The number of hydrogen-bond donors (Lipinski definition) is 2. The second-order valence-corrected chi connectivity index (χ2v) is 2.39. The van der Waals surface area contributed by atoms with Gasteiger partial charge in [-0.1, -0.05) is 6.92 Å². The zero-order valence-electron chi connectivity index (χ0n) is 6.43. The second kappa shape index (κ2) is 5.03. The molecule has 0 saturated heterocycles. The van der Waals surface area contributed by atoms with E-state index < -0.39 is 23.5 Å². The van der Waals surface area contributed by atoms with Gasteiger partial charge in [-0.25, -0.2) is 0 Å². The van der Waals surface area contributed by atoms with E-state index in [2.05, 4.69) is 0 Å². The van der Waals surface area contributed by atoms with Gasteiger partial charge in [0.15, 0.2) is 0 Å². The fourth-order valence-electron chi connectivity index (χ4n) is 0.911. The molecule has 0 spiro atoms. The van der Waals surface area contributed by atoms with Crippen LogP contribution in [-0.4, -0.2) is 34.4 Å². The summed E-state index contributed by atoms with van der Waals surface area (Å²) >= 11 is 0. The largest absolute Gasteiger partial charge is 0.396 e. The van der Waals surface area contributed by atoms with E-state index >= 15 is 0 Å². The highest BCUT2D eigenvalue weighted by Crippen LogP contribution is 2.09. The Morgan fingerprint density at radius 1 is 1.45 bits per heavy atom. The molecule has 0 bridgehead atoms. The monoisotopic (exact) mass is 163 g/mol. The Hall–Kier alpha value is -0.680. The highest BCUT2D eigenvalue weighted by molar-refractivity contribution is 4.65. The van der Waals surface area contributed by atoms with Crippen LogP contribution in [0.2, 0.25) is 0 Å². The lowest BCUT2D eigenvalue weighted by molar-refractivity contribution is -0.536. The molecule has 0 aliphatic heterocycles. The third kappa shape index (κ3) is 2.81. The average molecular weight is 163 g/mol. The van der Waals surface area contributed by atoms with E-state index in [0.717, 1.165) is 0 Å². The van der Waals surface area contributed by atoms with Crippen LogP contribution in [0.1, 0.15) is 13.3 Å². The van der Waals surface area contributed by atoms with E-state index in [1.54, 1.807) is 6.92 Å². The standard InChI is InChI=1S/C6H13NO4/c1-2-5(3-8)6(4-9)7(10)11/h5-6,8-9H,2-4H2,1H3. The Labute approximate surface area is 64.8 Å². The highest BCUT2D eigenvalue weighted by Gasteiger charge is 2.28. The minimum Gasteiger partial charge on any atom is -0.396 e. The van der Waals surface area contributed by atoms with Crippen LogP contribution in [-0.2, 0) is 0 Å². The molecule has 66 valence electrons. The quantitative estimate of drug-likeness (QED) is 0.428. The van der Waals surface area contributed by atoms with Crippen LogP contribution in [0.5, 0.6) is 0 Å². The molecule has 2 atom stereocenters. The maximum absolute atomic E-state index is 10.2. The van der Waals surface area contributed by atoms with Gasteiger partial charge < -0.3 is 10.2 Å². The van der Waals surface area contributed by atoms with Gasteiger partial charge in [-0.15, -0.1) is 0 Å². The molecule has 2 unspecified atom stereocenters. The van der Waals surface area contributed by atoms with E-state index in [1.165, 1.54) is 0 Å². The third-order valence-electron chi connectivity index (χ3n) is 1.76. The lowest BCUT2D eigenvalue weighted by atomic mass is 9.99. The Bertz CT molecular complexity index is 124.